The summed E-state index contributed by atoms with van der Waals surface area (Å²) in [5, 5.41) is 16.7. The number of aromatic hydroxyl groups is 1. The van der Waals surface area contributed by atoms with Crippen molar-refractivity contribution in [3.8, 4) is 5.75 Å². The Hall–Kier alpha value is -4.08. The Kier molecular flexibility index (Phi) is 16.1. The van der Waals surface area contributed by atoms with Crippen LogP contribution >= 0.6 is 0 Å². The van der Waals surface area contributed by atoms with Crippen LogP contribution < -0.4 is 10.6 Å². The molecular weight excluding hydrogens is 622 g/mol. The summed E-state index contributed by atoms with van der Waals surface area (Å²) in [6.45, 7) is 16.6. The van der Waals surface area contributed by atoms with Gasteiger partial charge in [0.1, 0.15) is 35.1 Å². The summed E-state index contributed by atoms with van der Waals surface area (Å²) in [6, 6.07) is 12.2. The summed E-state index contributed by atoms with van der Waals surface area (Å²) in [5.74, 6) is -1.94. The third-order valence-electron chi connectivity index (χ3n) is 7.56. The van der Waals surface area contributed by atoms with Gasteiger partial charge >= 0.3 is 12.1 Å². The lowest BCUT2D eigenvalue weighted by atomic mass is 9.97. The second-order valence-corrected chi connectivity index (χ2v) is 15.0. The molecule has 2 aromatic rings. The highest BCUT2D eigenvalue weighted by atomic mass is 16.6. The summed E-state index contributed by atoms with van der Waals surface area (Å²) >= 11 is 0. The van der Waals surface area contributed by atoms with Crippen LogP contribution in [0.2, 0.25) is 0 Å². The van der Waals surface area contributed by atoms with Gasteiger partial charge in [-0.3, -0.25) is 9.59 Å². The van der Waals surface area contributed by atoms with Crippen LogP contribution in [0.25, 0.3) is 0 Å². The van der Waals surface area contributed by atoms with Crippen molar-refractivity contribution in [1.29, 1.82) is 0 Å². The minimum Gasteiger partial charge on any atom is -0.508 e. The molecule has 3 unspecified atom stereocenters. The Morgan fingerprint density at radius 3 is 1.94 bits per heavy atom. The van der Waals surface area contributed by atoms with Gasteiger partial charge in [-0.25, -0.2) is 9.59 Å². The number of hydrogen-bond acceptors (Lipinski definition) is 7. The fraction of sp³-hybridized carbons (Fsp3) is 0.590. The number of nitrogens with one attached hydrogen (secondary N) is 2. The number of phenolic OH excluding ortho intramolecular Hbond substituents is 1. The zero-order chi connectivity index (χ0) is 36.8. The number of nitrogens with zero attached hydrogens (tertiary/aromatic N) is 1. The molecule has 3 amide bonds. The quantitative estimate of drug-likeness (QED) is 0.118. The number of unbranched alkanes of at least 4 members (excludes halogenated alkanes) is 4. The maximum atomic E-state index is 14.6. The summed E-state index contributed by atoms with van der Waals surface area (Å²) < 4.78 is 11.2. The van der Waals surface area contributed by atoms with Crippen molar-refractivity contribution >= 4 is 23.9 Å². The number of carbonyl (C=O) groups excluding carboxylic acids is 4. The van der Waals surface area contributed by atoms with Gasteiger partial charge in [-0.1, -0.05) is 95.0 Å². The summed E-state index contributed by atoms with van der Waals surface area (Å²) in [4.78, 5) is 57.1. The first-order valence-electron chi connectivity index (χ1n) is 17.6. The summed E-state index contributed by atoms with van der Waals surface area (Å²) in [6.07, 6.45) is 4.11. The van der Waals surface area contributed by atoms with E-state index in [4.69, 9.17) is 9.47 Å². The maximum absolute atomic E-state index is 14.6. The van der Waals surface area contributed by atoms with E-state index in [2.05, 4.69) is 17.6 Å². The van der Waals surface area contributed by atoms with Gasteiger partial charge in [-0.15, -0.1) is 0 Å². The zero-order valence-corrected chi connectivity index (χ0v) is 31.0. The predicted octanol–water partition coefficient (Wildman–Crippen LogP) is 7.24. The van der Waals surface area contributed by atoms with Crippen molar-refractivity contribution < 1.29 is 33.8 Å². The van der Waals surface area contributed by atoms with E-state index in [-0.39, 0.29) is 36.6 Å². The van der Waals surface area contributed by atoms with Crippen molar-refractivity contribution in [1.82, 2.24) is 15.5 Å². The number of amides is 3. The average Bonchev–Trinajstić information content (AvgIpc) is 2.98. The van der Waals surface area contributed by atoms with Crippen molar-refractivity contribution in [3.63, 3.8) is 0 Å². The van der Waals surface area contributed by atoms with Crippen LogP contribution in [0.15, 0.2) is 54.6 Å². The second kappa shape index (κ2) is 19.2. The number of rotatable bonds is 17. The minimum atomic E-state index is -1.32. The Morgan fingerprint density at radius 2 is 1.37 bits per heavy atom. The molecule has 0 heterocycles. The van der Waals surface area contributed by atoms with Crippen LogP contribution in [0, 0.1) is 5.92 Å². The molecule has 10 nitrogen and oxygen atoms in total. The van der Waals surface area contributed by atoms with E-state index >= 15 is 0 Å². The number of carbonyl (C=O) groups is 4. The summed E-state index contributed by atoms with van der Waals surface area (Å²) in [7, 11) is 0. The number of esters is 1. The standard InChI is InChI=1S/C39H59N3O7/c1-10-11-12-13-19-24-42(35(45)30(25-27(2)3)41-37(47)49-39(7,8)9)33(29-22-17-18-23-32(29)43)34(44)40-31(36(46)48-38(4,5)6)26-28-20-15-14-16-21-28/h14-18,20-23,27,30-31,33,43H,10-13,19,24-26H2,1-9H3,(H,40,44)(H,41,47). The lowest BCUT2D eigenvalue weighted by Gasteiger charge is -2.36. The molecule has 0 aromatic heterocycles. The highest BCUT2D eigenvalue weighted by Crippen LogP contribution is 2.31. The predicted molar refractivity (Wildman–Crippen MR) is 192 cm³/mol. The van der Waals surface area contributed by atoms with E-state index in [1.54, 1.807) is 59.7 Å². The van der Waals surface area contributed by atoms with E-state index in [0.717, 1.165) is 31.2 Å². The van der Waals surface area contributed by atoms with Gasteiger partial charge in [-0.2, -0.15) is 0 Å². The first-order valence-corrected chi connectivity index (χ1v) is 17.6. The molecule has 0 bridgehead atoms. The summed E-state index contributed by atoms with van der Waals surface area (Å²) in [5.41, 5.74) is -0.598. The molecule has 2 aromatic carbocycles. The largest absolute Gasteiger partial charge is 0.508 e. The average molecular weight is 682 g/mol. The number of hydrogen-bond donors (Lipinski definition) is 3. The maximum Gasteiger partial charge on any atom is 0.408 e. The van der Waals surface area contributed by atoms with Gasteiger partial charge < -0.3 is 30.1 Å². The van der Waals surface area contributed by atoms with Crippen LogP contribution in [-0.2, 0) is 30.3 Å². The highest BCUT2D eigenvalue weighted by molar-refractivity contribution is 5.94. The van der Waals surface area contributed by atoms with Crippen molar-refractivity contribution in [2.24, 2.45) is 5.92 Å². The highest BCUT2D eigenvalue weighted by Gasteiger charge is 2.39. The topological polar surface area (TPSA) is 134 Å². The third kappa shape index (κ3) is 14.9. The first-order chi connectivity index (χ1) is 22.9. The molecule has 3 atom stereocenters. The number of phenols is 1. The Balaban J connectivity index is 2.64. The molecule has 0 fully saturated rings. The van der Waals surface area contributed by atoms with E-state index in [9.17, 15) is 24.3 Å². The molecule has 0 radical (unpaired) electrons. The SMILES string of the molecule is CCCCCCCN(C(=O)C(CC(C)C)NC(=O)OC(C)(C)C)C(C(=O)NC(Cc1ccccc1)C(=O)OC(C)(C)C)c1ccccc1O. The third-order valence-corrected chi connectivity index (χ3v) is 7.56. The lowest BCUT2D eigenvalue weighted by molar-refractivity contribution is -0.159. The van der Waals surface area contributed by atoms with Crippen LogP contribution in [0.1, 0.15) is 118 Å². The zero-order valence-electron chi connectivity index (χ0n) is 31.0. The molecule has 10 heteroatoms. The van der Waals surface area contributed by atoms with Crippen molar-refractivity contribution in [2.45, 2.75) is 137 Å². The molecule has 0 saturated carbocycles. The van der Waals surface area contributed by atoms with E-state index in [1.807, 2.05) is 44.2 Å². The first kappa shape index (κ1) is 41.1. The molecular formula is C39H59N3O7. The van der Waals surface area contributed by atoms with Gasteiger partial charge in [0.15, 0.2) is 0 Å². The van der Waals surface area contributed by atoms with E-state index in [1.165, 1.54) is 11.0 Å². The van der Waals surface area contributed by atoms with Crippen LogP contribution in [0.3, 0.4) is 0 Å². The smallest absolute Gasteiger partial charge is 0.408 e. The second-order valence-electron chi connectivity index (χ2n) is 15.0. The van der Waals surface area contributed by atoms with E-state index < -0.39 is 53.2 Å². The van der Waals surface area contributed by atoms with Gasteiger partial charge in [0.25, 0.3) is 0 Å². The van der Waals surface area contributed by atoms with Gasteiger partial charge in [0.05, 0.1) is 0 Å². The van der Waals surface area contributed by atoms with Gasteiger partial charge in [0.2, 0.25) is 11.8 Å². The van der Waals surface area contributed by atoms with Gasteiger partial charge in [-0.05, 0) is 71.9 Å². The Labute approximate surface area is 293 Å². The monoisotopic (exact) mass is 681 g/mol. The minimum absolute atomic E-state index is 0.00937. The van der Waals surface area contributed by atoms with Crippen LogP contribution in [0.4, 0.5) is 4.79 Å². The Morgan fingerprint density at radius 1 is 0.776 bits per heavy atom. The number of para-hydroxylation sites is 1. The lowest BCUT2D eigenvalue weighted by Crippen LogP contribution is -2.55. The molecule has 2 rings (SSSR count). The number of alkyl carbamates (subject to hydrolysis) is 1. The Bertz CT molecular complexity index is 1350. The fourth-order valence-electron chi connectivity index (χ4n) is 5.43. The molecule has 0 aliphatic heterocycles. The fourth-order valence-corrected chi connectivity index (χ4v) is 5.43. The molecule has 0 aliphatic rings. The molecule has 0 saturated heterocycles. The van der Waals surface area contributed by atoms with Crippen molar-refractivity contribution in [2.75, 3.05) is 6.54 Å². The van der Waals surface area contributed by atoms with Crippen LogP contribution in [0.5, 0.6) is 5.75 Å². The molecule has 0 spiro atoms. The number of ether oxygens (including phenoxy) is 2. The number of benzene rings is 2. The molecule has 3 N–H and O–H groups in total. The molecule has 49 heavy (non-hydrogen) atoms. The van der Waals surface area contributed by atoms with Crippen LogP contribution in [-0.4, -0.2) is 63.7 Å². The van der Waals surface area contributed by atoms with Crippen molar-refractivity contribution in [3.05, 3.63) is 65.7 Å². The van der Waals surface area contributed by atoms with Gasteiger partial charge in [0, 0.05) is 18.5 Å². The molecule has 272 valence electrons. The normalized spacial score (nSPS) is 13.6. The van der Waals surface area contributed by atoms with E-state index in [0.29, 0.717) is 6.42 Å². The molecule has 0 aliphatic carbocycles.